The molecular weight excluding hydrogens is 208 g/mol. The van der Waals surface area contributed by atoms with Crippen LogP contribution in [0.15, 0.2) is 0 Å². The summed E-state index contributed by atoms with van der Waals surface area (Å²) in [4.78, 5) is 0. The molecule has 0 aromatic heterocycles. The van der Waals surface area contributed by atoms with Gasteiger partial charge in [0.25, 0.3) is 0 Å². The van der Waals surface area contributed by atoms with Crippen molar-refractivity contribution in [2.75, 3.05) is 13.1 Å². The van der Waals surface area contributed by atoms with Crippen molar-refractivity contribution in [2.24, 2.45) is 11.7 Å². The maximum atomic E-state index is 5.72. The molecule has 0 aliphatic heterocycles. The Balaban J connectivity index is 3.17. The van der Waals surface area contributed by atoms with Crippen molar-refractivity contribution in [1.82, 2.24) is 5.32 Å². The van der Waals surface area contributed by atoms with Crippen LogP contribution in [0.25, 0.3) is 0 Å². The van der Waals surface area contributed by atoms with E-state index in [9.17, 15) is 0 Å². The van der Waals surface area contributed by atoms with Crippen molar-refractivity contribution >= 4 is 0 Å². The Morgan fingerprint density at radius 2 is 1.41 bits per heavy atom. The van der Waals surface area contributed by atoms with Crippen molar-refractivity contribution in [2.45, 2.75) is 78.2 Å². The Hall–Kier alpha value is -0.0800. The molecule has 0 bridgehead atoms. The zero-order valence-corrected chi connectivity index (χ0v) is 12.3. The molecule has 0 aromatic rings. The molecule has 2 nitrogen and oxygen atoms in total. The van der Waals surface area contributed by atoms with Crippen molar-refractivity contribution in [1.29, 1.82) is 0 Å². The monoisotopic (exact) mass is 242 g/mol. The van der Waals surface area contributed by atoms with Gasteiger partial charge in [0.05, 0.1) is 0 Å². The molecule has 2 heteroatoms. The number of rotatable bonds is 12. The number of nitrogens with one attached hydrogen (secondary N) is 1. The molecule has 0 saturated carbocycles. The number of hydrogen-bond donors (Lipinski definition) is 2. The van der Waals surface area contributed by atoms with Gasteiger partial charge in [0.2, 0.25) is 0 Å². The van der Waals surface area contributed by atoms with Crippen LogP contribution in [0.2, 0.25) is 0 Å². The van der Waals surface area contributed by atoms with Crippen LogP contribution >= 0.6 is 0 Å². The first kappa shape index (κ1) is 16.9. The molecule has 17 heavy (non-hydrogen) atoms. The molecule has 0 rings (SSSR count). The lowest BCUT2D eigenvalue weighted by Crippen LogP contribution is -2.40. The van der Waals surface area contributed by atoms with E-state index in [-0.39, 0.29) is 0 Å². The summed E-state index contributed by atoms with van der Waals surface area (Å²) in [6.45, 7) is 8.63. The van der Waals surface area contributed by atoms with Crippen LogP contribution in [0.3, 0.4) is 0 Å². The highest BCUT2D eigenvalue weighted by molar-refractivity contribution is 4.70. The summed E-state index contributed by atoms with van der Waals surface area (Å²) in [5.74, 6) is 0.647. The molecular formula is C15H34N2. The summed E-state index contributed by atoms with van der Waals surface area (Å²) < 4.78 is 0. The van der Waals surface area contributed by atoms with Gasteiger partial charge in [-0.1, -0.05) is 65.7 Å². The highest BCUT2D eigenvalue weighted by Gasteiger charge is 2.08. The third-order valence-corrected chi connectivity index (χ3v) is 3.50. The van der Waals surface area contributed by atoms with Crippen LogP contribution < -0.4 is 11.1 Å². The molecule has 1 unspecified atom stereocenters. The minimum Gasteiger partial charge on any atom is -0.329 e. The van der Waals surface area contributed by atoms with E-state index in [1.807, 2.05) is 0 Å². The largest absolute Gasteiger partial charge is 0.329 e. The first-order valence-electron chi connectivity index (χ1n) is 7.65. The van der Waals surface area contributed by atoms with Gasteiger partial charge < -0.3 is 11.1 Å². The molecule has 0 aromatic carbocycles. The molecule has 0 fully saturated rings. The van der Waals surface area contributed by atoms with Crippen LogP contribution in [0, 0.1) is 5.92 Å². The zero-order chi connectivity index (χ0) is 12.9. The molecule has 0 radical (unpaired) electrons. The van der Waals surface area contributed by atoms with Crippen molar-refractivity contribution in [3.05, 3.63) is 0 Å². The number of nitrogens with two attached hydrogens (primary N) is 1. The second-order valence-electron chi connectivity index (χ2n) is 5.52. The fraction of sp³-hybridized carbons (Fsp3) is 1.00. The Kier molecular flexibility index (Phi) is 12.3. The summed E-state index contributed by atoms with van der Waals surface area (Å²) in [6, 6.07) is 0.500. The predicted octanol–water partition coefficient (Wildman–Crippen LogP) is 3.70. The third kappa shape index (κ3) is 10.8. The van der Waals surface area contributed by atoms with E-state index < -0.39 is 0 Å². The van der Waals surface area contributed by atoms with E-state index in [0.29, 0.717) is 12.0 Å². The fourth-order valence-electron chi connectivity index (χ4n) is 2.14. The van der Waals surface area contributed by atoms with Crippen LogP contribution in [-0.4, -0.2) is 19.1 Å². The minimum absolute atomic E-state index is 0.500. The van der Waals surface area contributed by atoms with E-state index in [0.717, 1.165) is 13.1 Å². The van der Waals surface area contributed by atoms with Crippen molar-refractivity contribution in [3.63, 3.8) is 0 Å². The van der Waals surface area contributed by atoms with E-state index in [4.69, 9.17) is 5.73 Å². The number of hydrogen-bond acceptors (Lipinski definition) is 2. The van der Waals surface area contributed by atoms with Gasteiger partial charge in [-0.25, -0.2) is 0 Å². The van der Waals surface area contributed by atoms with Gasteiger partial charge in [-0.2, -0.15) is 0 Å². The average Bonchev–Trinajstić information content (AvgIpc) is 2.31. The number of unbranched alkanes of at least 4 members (excludes halogenated alkanes) is 7. The van der Waals surface area contributed by atoms with Gasteiger partial charge >= 0.3 is 0 Å². The van der Waals surface area contributed by atoms with Gasteiger partial charge in [-0.15, -0.1) is 0 Å². The lowest BCUT2D eigenvalue weighted by atomic mass is 10.0. The quantitative estimate of drug-likeness (QED) is 0.512. The molecule has 0 spiro atoms. The van der Waals surface area contributed by atoms with Crippen LogP contribution in [0.4, 0.5) is 0 Å². The van der Waals surface area contributed by atoms with E-state index in [1.165, 1.54) is 51.4 Å². The van der Waals surface area contributed by atoms with Crippen molar-refractivity contribution < 1.29 is 0 Å². The summed E-state index contributed by atoms with van der Waals surface area (Å²) in [7, 11) is 0. The molecule has 0 heterocycles. The van der Waals surface area contributed by atoms with Gasteiger partial charge in [-0.3, -0.25) is 0 Å². The maximum absolute atomic E-state index is 5.72. The predicted molar refractivity (Wildman–Crippen MR) is 78.3 cm³/mol. The Bertz CT molecular complexity index is 146. The standard InChI is InChI=1S/C15H34N2/c1-4-5-6-7-8-9-10-11-12-17-15(13-16)14(2)3/h14-15,17H,4-13,16H2,1-3H3. The second-order valence-corrected chi connectivity index (χ2v) is 5.52. The molecule has 0 aliphatic rings. The van der Waals surface area contributed by atoms with Gasteiger partial charge in [0.15, 0.2) is 0 Å². The fourth-order valence-corrected chi connectivity index (χ4v) is 2.14. The molecule has 104 valence electrons. The Labute approximate surface area is 109 Å². The molecule has 0 amide bonds. The van der Waals surface area contributed by atoms with Crippen molar-refractivity contribution in [3.8, 4) is 0 Å². The van der Waals surface area contributed by atoms with E-state index in [1.54, 1.807) is 0 Å². The van der Waals surface area contributed by atoms with Gasteiger partial charge in [0.1, 0.15) is 0 Å². The van der Waals surface area contributed by atoms with Crippen LogP contribution in [0.5, 0.6) is 0 Å². The van der Waals surface area contributed by atoms with Crippen LogP contribution in [0.1, 0.15) is 72.1 Å². The third-order valence-electron chi connectivity index (χ3n) is 3.50. The zero-order valence-electron chi connectivity index (χ0n) is 12.3. The lowest BCUT2D eigenvalue weighted by Gasteiger charge is -2.20. The molecule has 1 atom stereocenters. The SMILES string of the molecule is CCCCCCCCCCNC(CN)C(C)C. The Morgan fingerprint density at radius 3 is 1.88 bits per heavy atom. The first-order valence-corrected chi connectivity index (χ1v) is 7.65. The smallest absolute Gasteiger partial charge is 0.0213 e. The second kappa shape index (κ2) is 12.4. The maximum Gasteiger partial charge on any atom is 0.0213 e. The minimum atomic E-state index is 0.500. The first-order chi connectivity index (χ1) is 8.22. The summed E-state index contributed by atoms with van der Waals surface area (Å²) in [5.41, 5.74) is 5.72. The van der Waals surface area contributed by atoms with Gasteiger partial charge in [-0.05, 0) is 18.9 Å². The van der Waals surface area contributed by atoms with E-state index in [2.05, 4.69) is 26.1 Å². The highest BCUT2D eigenvalue weighted by atomic mass is 14.9. The molecule has 3 N–H and O–H groups in total. The van der Waals surface area contributed by atoms with Crippen LogP contribution in [-0.2, 0) is 0 Å². The van der Waals surface area contributed by atoms with Gasteiger partial charge in [0, 0.05) is 12.6 Å². The molecule has 0 saturated heterocycles. The average molecular weight is 242 g/mol. The summed E-state index contributed by atoms with van der Waals surface area (Å²) >= 11 is 0. The lowest BCUT2D eigenvalue weighted by molar-refractivity contribution is 0.399. The normalized spacial score (nSPS) is 13.2. The Morgan fingerprint density at radius 1 is 0.882 bits per heavy atom. The molecule has 0 aliphatic carbocycles. The summed E-state index contributed by atoms with van der Waals surface area (Å²) in [6.07, 6.45) is 11.1. The topological polar surface area (TPSA) is 38.0 Å². The summed E-state index contributed by atoms with van der Waals surface area (Å²) in [5, 5.41) is 3.56. The van der Waals surface area contributed by atoms with E-state index >= 15 is 0 Å². The highest BCUT2D eigenvalue weighted by Crippen LogP contribution is 2.08.